The van der Waals surface area contributed by atoms with Crippen molar-refractivity contribution in [2.24, 2.45) is 17.8 Å². The van der Waals surface area contributed by atoms with Gasteiger partial charge in [-0.05, 0) is 77.3 Å². The fourth-order valence-electron chi connectivity index (χ4n) is 6.66. The van der Waals surface area contributed by atoms with Crippen LogP contribution in [0.15, 0.2) is 29.2 Å². The highest BCUT2D eigenvalue weighted by Crippen LogP contribution is 2.66. The van der Waals surface area contributed by atoms with Gasteiger partial charge in [0.15, 0.2) is 0 Å². The molecule has 8 heteroatoms. The summed E-state index contributed by atoms with van der Waals surface area (Å²) in [7, 11) is -3.60. The number of fused-ring (bicyclic) bond motifs is 4. The monoisotopic (exact) mass is 487 g/mol. The van der Waals surface area contributed by atoms with E-state index >= 15 is 0 Å². The Balaban J connectivity index is 1.44. The average molecular weight is 488 g/mol. The Morgan fingerprint density at radius 1 is 1.29 bits per heavy atom. The molecular formula is C26H33NO6S. The van der Waals surface area contributed by atoms with Crippen LogP contribution in [0.3, 0.4) is 0 Å². The number of sulfonamides is 1. The van der Waals surface area contributed by atoms with E-state index in [4.69, 9.17) is 9.47 Å². The van der Waals surface area contributed by atoms with E-state index in [0.717, 1.165) is 18.4 Å². The second kappa shape index (κ2) is 7.79. The maximum atomic E-state index is 13.5. The minimum Gasteiger partial charge on any atom is -0.456 e. The van der Waals surface area contributed by atoms with Crippen molar-refractivity contribution in [2.45, 2.75) is 81.1 Å². The maximum absolute atomic E-state index is 13.5. The topological polar surface area (TPSA) is 96.2 Å². The normalized spacial score (nSPS) is 39.6. The molecule has 1 aromatic carbocycles. The van der Waals surface area contributed by atoms with Crippen LogP contribution in [0, 0.1) is 36.5 Å². The van der Waals surface area contributed by atoms with E-state index in [1.165, 1.54) is 0 Å². The first-order chi connectivity index (χ1) is 15.9. The zero-order valence-electron chi connectivity index (χ0n) is 20.2. The predicted octanol–water partition coefficient (Wildman–Crippen LogP) is 2.65. The molecular weight excluding hydrogens is 454 g/mol. The summed E-state index contributed by atoms with van der Waals surface area (Å²) in [5.74, 6) is 4.37. The number of epoxide rings is 1. The number of benzene rings is 1. The molecule has 184 valence electrons. The Labute approximate surface area is 201 Å². The number of carbonyl (C=O) groups is 1. The summed E-state index contributed by atoms with van der Waals surface area (Å²) >= 11 is 0. The van der Waals surface area contributed by atoms with Crippen molar-refractivity contribution in [2.75, 3.05) is 13.2 Å². The van der Waals surface area contributed by atoms with E-state index in [9.17, 15) is 18.3 Å². The van der Waals surface area contributed by atoms with Gasteiger partial charge in [-0.1, -0.05) is 23.6 Å². The van der Waals surface area contributed by atoms with Gasteiger partial charge < -0.3 is 14.6 Å². The van der Waals surface area contributed by atoms with Gasteiger partial charge in [0, 0.05) is 18.4 Å². The quantitative estimate of drug-likeness (QED) is 0.304. The van der Waals surface area contributed by atoms with Crippen LogP contribution in [0.1, 0.15) is 52.0 Å². The van der Waals surface area contributed by atoms with Crippen LogP contribution in [-0.2, 0) is 24.3 Å². The smallest absolute Gasteiger partial charge is 0.384 e. The molecule has 2 aliphatic heterocycles. The summed E-state index contributed by atoms with van der Waals surface area (Å²) in [5, 5.41) is 11.4. The van der Waals surface area contributed by atoms with Crippen LogP contribution in [0.2, 0.25) is 0 Å². The van der Waals surface area contributed by atoms with Gasteiger partial charge in [-0.2, -0.15) is 4.31 Å². The zero-order valence-corrected chi connectivity index (χ0v) is 21.0. The number of nitrogens with zero attached hydrogens (tertiary/aromatic N) is 1. The Morgan fingerprint density at radius 3 is 2.68 bits per heavy atom. The molecule has 0 radical (unpaired) electrons. The molecule has 2 aliphatic carbocycles. The third-order valence-electron chi connectivity index (χ3n) is 8.58. The lowest BCUT2D eigenvalue weighted by Crippen LogP contribution is -2.54. The van der Waals surface area contributed by atoms with Crippen LogP contribution in [-0.4, -0.2) is 59.8 Å². The van der Waals surface area contributed by atoms with Crippen molar-refractivity contribution in [3.63, 3.8) is 0 Å². The van der Waals surface area contributed by atoms with Gasteiger partial charge in [0.25, 0.3) is 0 Å². The molecule has 7 nitrogen and oxygen atoms in total. The van der Waals surface area contributed by atoms with E-state index in [0.29, 0.717) is 24.3 Å². The van der Waals surface area contributed by atoms with Gasteiger partial charge in [0.05, 0.1) is 28.7 Å². The fourth-order valence-corrected chi connectivity index (χ4v) is 8.50. The van der Waals surface area contributed by atoms with Crippen LogP contribution in [0.5, 0.6) is 0 Å². The van der Waals surface area contributed by atoms with Crippen molar-refractivity contribution < 1.29 is 27.8 Å². The number of hydrogen-bond acceptors (Lipinski definition) is 6. The largest absolute Gasteiger partial charge is 0.456 e. The second-order valence-corrected chi connectivity index (χ2v) is 12.6. The lowest BCUT2D eigenvalue weighted by atomic mass is 9.55. The lowest BCUT2D eigenvalue weighted by molar-refractivity contribution is -0.136. The van der Waals surface area contributed by atoms with E-state index in [1.807, 2.05) is 19.1 Å². The van der Waals surface area contributed by atoms with Crippen LogP contribution < -0.4 is 0 Å². The third-order valence-corrected chi connectivity index (χ3v) is 10.5. The molecule has 34 heavy (non-hydrogen) atoms. The summed E-state index contributed by atoms with van der Waals surface area (Å²) in [5.41, 5.74) is -1.05. The molecule has 4 aliphatic rings. The number of esters is 1. The molecule has 8 atom stereocenters. The first kappa shape index (κ1) is 23.8. The van der Waals surface area contributed by atoms with Gasteiger partial charge >= 0.3 is 5.97 Å². The summed E-state index contributed by atoms with van der Waals surface area (Å²) in [6.45, 7) is 8.12. The van der Waals surface area contributed by atoms with Crippen molar-refractivity contribution in [1.29, 1.82) is 0 Å². The SMILES string of the molecule is CCOC(=O)C#C[C@@](C)(O)[C@H]1CC[C@]2(CN2S(=O)(=O)c2ccc(C)cc2)[C@H]2CC[C@@]3(C)O[C@H]3[C@@H]21. The molecule has 1 aromatic rings. The highest BCUT2D eigenvalue weighted by atomic mass is 32.2. The summed E-state index contributed by atoms with van der Waals surface area (Å²) < 4.78 is 39.7. The van der Waals surface area contributed by atoms with E-state index in [2.05, 4.69) is 18.8 Å². The fraction of sp³-hybridized carbons (Fsp3) is 0.654. The van der Waals surface area contributed by atoms with Crippen LogP contribution in [0.25, 0.3) is 0 Å². The van der Waals surface area contributed by atoms with E-state index < -0.39 is 27.1 Å². The molecule has 2 saturated carbocycles. The molecule has 4 fully saturated rings. The van der Waals surface area contributed by atoms with Gasteiger partial charge in [0.1, 0.15) is 5.60 Å². The zero-order chi connectivity index (χ0) is 24.5. The Hall–Kier alpha value is -1.92. The highest BCUT2D eigenvalue weighted by molar-refractivity contribution is 7.89. The van der Waals surface area contributed by atoms with Gasteiger partial charge in [-0.15, -0.1) is 0 Å². The molecule has 0 bridgehead atoms. The van der Waals surface area contributed by atoms with E-state index in [1.54, 1.807) is 30.3 Å². The Bertz CT molecular complexity index is 1170. The molecule has 0 amide bonds. The Kier molecular flexibility index (Phi) is 5.45. The maximum Gasteiger partial charge on any atom is 0.384 e. The molecule has 1 unspecified atom stereocenters. The predicted molar refractivity (Wildman–Crippen MR) is 125 cm³/mol. The molecule has 2 heterocycles. The number of carbonyl (C=O) groups excluding carboxylic acids is 1. The number of rotatable bonds is 4. The van der Waals surface area contributed by atoms with Gasteiger partial charge in [-0.3, -0.25) is 0 Å². The molecule has 1 N–H and O–H groups in total. The summed E-state index contributed by atoms with van der Waals surface area (Å²) in [4.78, 5) is 12.1. The molecule has 0 aromatic heterocycles. The highest BCUT2D eigenvalue weighted by Gasteiger charge is 2.74. The minimum atomic E-state index is -3.60. The van der Waals surface area contributed by atoms with Crippen molar-refractivity contribution >= 4 is 16.0 Å². The van der Waals surface area contributed by atoms with Crippen LogP contribution in [0.4, 0.5) is 0 Å². The van der Waals surface area contributed by atoms with Crippen molar-refractivity contribution in [3.05, 3.63) is 29.8 Å². The molecule has 2 saturated heterocycles. The average Bonchev–Trinajstić information content (AvgIpc) is 3.68. The van der Waals surface area contributed by atoms with Crippen molar-refractivity contribution in [3.8, 4) is 11.8 Å². The standard InChI is InChI=1S/C26H33NO6S/c1-5-32-21(28)12-13-24(3,29)19-11-15-26(20-10-14-25(4)23(33-25)22(19)20)16-27(26)34(30,31)18-8-6-17(2)7-9-18/h6-9,19-20,22-23,29H,5,10-11,14-16H2,1-4H3/t19-,20-,22+,23-,24+,25+,26-,27?/m0/s1. The summed E-state index contributed by atoms with van der Waals surface area (Å²) in [6, 6.07) is 7.01. The number of hydrogen-bond donors (Lipinski definition) is 1. The van der Waals surface area contributed by atoms with E-state index in [-0.39, 0.29) is 36.1 Å². The van der Waals surface area contributed by atoms with Crippen LogP contribution >= 0.6 is 0 Å². The minimum absolute atomic E-state index is 0.0304. The molecule has 5 rings (SSSR count). The second-order valence-electron chi connectivity index (χ2n) is 10.8. The van der Waals surface area contributed by atoms with Crippen molar-refractivity contribution in [1.82, 2.24) is 4.31 Å². The third kappa shape index (κ3) is 3.69. The lowest BCUT2D eigenvalue weighted by Gasteiger charge is -2.49. The first-order valence-corrected chi connectivity index (χ1v) is 13.6. The summed E-state index contributed by atoms with van der Waals surface area (Å²) in [6.07, 6.45) is 2.96. The number of aryl methyl sites for hydroxylation is 1. The van der Waals surface area contributed by atoms with Gasteiger partial charge in [-0.25, -0.2) is 13.2 Å². The number of ether oxygens (including phenoxy) is 2. The Morgan fingerprint density at radius 2 is 2.00 bits per heavy atom. The number of aliphatic hydroxyl groups is 1. The van der Waals surface area contributed by atoms with Gasteiger partial charge in [0.2, 0.25) is 10.0 Å². The molecule has 1 spiro atoms. The first-order valence-electron chi connectivity index (χ1n) is 12.1.